The molecule has 0 bridgehead atoms. The Labute approximate surface area is 154 Å². The van der Waals surface area contributed by atoms with Gasteiger partial charge in [0.05, 0.1) is 48.4 Å². The molecule has 0 unspecified atom stereocenters. The first-order valence-corrected chi connectivity index (χ1v) is 8.95. The minimum absolute atomic E-state index is 0.693. The maximum atomic E-state index is 5.57. The Hall–Kier alpha value is -2.95. The maximum absolute atomic E-state index is 5.57. The Bertz CT molecular complexity index is 751. The van der Waals surface area contributed by atoms with E-state index >= 15 is 0 Å². The topological polar surface area (TPSA) is 57.1 Å². The van der Waals surface area contributed by atoms with Crippen LogP contribution in [0.3, 0.4) is 0 Å². The van der Waals surface area contributed by atoms with Crippen LogP contribution in [0.25, 0.3) is 22.8 Å². The number of hydrogen-bond donors (Lipinski definition) is 0. The van der Waals surface area contributed by atoms with Crippen molar-refractivity contribution in [3.05, 3.63) is 54.9 Å². The lowest BCUT2D eigenvalue weighted by atomic mass is 10.2. The standard InChI is InChI=1S/C21H23N3O2/c1-3-12-25-16-8-10-18(22-14-16)20-6-5-7-21(24-20)19-11-9-17(15-23-19)26-13-4-2/h5-11,14-15H,3-4,12-13H2,1-2H3. The van der Waals surface area contributed by atoms with Gasteiger partial charge in [0.25, 0.3) is 0 Å². The van der Waals surface area contributed by atoms with Crippen LogP contribution < -0.4 is 9.47 Å². The minimum atomic E-state index is 0.693. The van der Waals surface area contributed by atoms with Crippen molar-refractivity contribution in [3.8, 4) is 34.3 Å². The Kier molecular flexibility index (Phi) is 6.14. The Balaban J connectivity index is 1.77. The van der Waals surface area contributed by atoms with E-state index in [9.17, 15) is 0 Å². The third-order valence-electron chi connectivity index (χ3n) is 3.69. The number of rotatable bonds is 8. The van der Waals surface area contributed by atoms with E-state index in [1.807, 2.05) is 42.5 Å². The summed E-state index contributed by atoms with van der Waals surface area (Å²) >= 11 is 0. The van der Waals surface area contributed by atoms with Crippen LogP contribution in [-0.2, 0) is 0 Å². The van der Waals surface area contributed by atoms with Crippen molar-refractivity contribution in [3.63, 3.8) is 0 Å². The molecule has 3 aromatic heterocycles. The first-order valence-electron chi connectivity index (χ1n) is 8.95. The van der Waals surface area contributed by atoms with Crippen molar-refractivity contribution in [1.82, 2.24) is 15.0 Å². The summed E-state index contributed by atoms with van der Waals surface area (Å²) in [6, 6.07) is 13.5. The van der Waals surface area contributed by atoms with Crippen molar-refractivity contribution in [2.45, 2.75) is 26.7 Å². The molecule has 26 heavy (non-hydrogen) atoms. The Morgan fingerprint density at radius 1 is 0.654 bits per heavy atom. The molecule has 0 N–H and O–H groups in total. The normalized spacial score (nSPS) is 10.5. The van der Waals surface area contributed by atoms with Crippen LogP contribution in [0, 0.1) is 0 Å². The largest absolute Gasteiger partial charge is 0.492 e. The molecule has 0 aromatic carbocycles. The first-order chi connectivity index (χ1) is 12.8. The highest BCUT2D eigenvalue weighted by Crippen LogP contribution is 2.22. The fourth-order valence-corrected chi connectivity index (χ4v) is 2.39. The summed E-state index contributed by atoms with van der Waals surface area (Å²) in [7, 11) is 0. The predicted octanol–water partition coefficient (Wildman–Crippen LogP) is 4.78. The van der Waals surface area contributed by atoms with E-state index in [1.54, 1.807) is 12.4 Å². The summed E-state index contributed by atoms with van der Waals surface area (Å²) in [6.45, 7) is 5.54. The SMILES string of the molecule is CCCOc1ccc(-c2cccc(-c3ccc(OCCC)cn3)n2)nc1. The molecule has 134 valence electrons. The second-order valence-corrected chi connectivity index (χ2v) is 5.86. The van der Waals surface area contributed by atoms with E-state index in [0.29, 0.717) is 13.2 Å². The van der Waals surface area contributed by atoms with Gasteiger partial charge in [0, 0.05) is 0 Å². The number of hydrogen-bond acceptors (Lipinski definition) is 5. The quantitative estimate of drug-likeness (QED) is 0.585. The van der Waals surface area contributed by atoms with Crippen LogP contribution in [0.2, 0.25) is 0 Å². The molecule has 0 aliphatic carbocycles. The molecule has 0 atom stereocenters. The summed E-state index contributed by atoms with van der Waals surface area (Å²) < 4.78 is 11.1. The molecule has 3 rings (SSSR count). The van der Waals surface area contributed by atoms with E-state index in [0.717, 1.165) is 47.1 Å². The van der Waals surface area contributed by atoms with Crippen LogP contribution in [0.4, 0.5) is 0 Å². The van der Waals surface area contributed by atoms with Gasteiger partial charge in [-0.05, 0) is 49.2 Å². The highest BCUT2D eigenvalue weighted by Gasteiger charge is 2.06. The van der Waals surface area contributed by atoms with Crippen LogP contribution >= 0.6 is 0 Å². The summed E-state index contributed by atoms with van der Waals surface area (Å²) in [4.78, 5) is 13.6. The summed E-state index contributed by atoms with van der Waals surface area (Å²) in [5.41, 5.74) is 3.22. The number of aromatic nitrogens is 3. The van der Waals surface area contributed by atoms with Gasteiger partial charge in [-0.25, -0.2) is 4.98 Å². The van der Waals surface area contributed by atoms with Crippen molar-refractivity contribution < 1.29 is 9.47 Å². The molecular weight excluding hydrogens is 326 g/mol. The summed E-state index contributed by atoms with van der Waals surface area (Å²) in [6.07, 6.45) is 5.41. The molecule has 0 aliphatic heterocycles. The lowest BCUT2D eigenvalue weighted by Crippen LogP contribution is -1.97. The van der Waals surface area contributed by atoms with E-state index in [1.165, 1.54) is 0 Å². The molecule has 0 radical (unpaired) electrons. The van der Waals surface area contributed by atoms with Gasteiger partial charge in [-0.15, -0.1) is 0 Å². The van der Waals surface area contributed by atoms with Gasteiger partial charge in [-0.3, -0.25) is 9.97 Å². The van der Waals surface area contributed by atoms with Crippen molar-refractivity contribution >= 4 is 0 Å². The molecule has 0 amide bonds. The van der Waals surface area contributed by atoms with Crippen molar-refractivity contribution in [2.24, 2.45) is 0 Å². The molecule has 0 saturated heterocycles. The molecule has 0 aliphatic rings. The second-order valence-electron chi connectivity index (χ2n) is 5.86. The van der Waals surface area contributed by atoms with Crippen molar-refractivity contribution in [2.75, 3.05) is 13.2 Å². The molecule has 0 saturated carbocycles. The minimum Gasteiger partial charge on any atom is -0.492 e. The van der Waals surface area contributed by atoms with Gasteiger partial charge >= 0.3 is 0 Å². The molecular formula is C21H23N3O2. The Morgan fingerprint density at radius 3 is 1.54 bits per heavy atom. The monoisotopic (exact) mass is 349 g/mol. The molecule has 5 heteroatoms. The molecule has 0 spiro atoms. The van der Waals surface area contributed by atoms with E-state index in [4.69, 9.17) is 14.5 Å². The smallest absolute Gasteiger partial charge is 0.137 e. The van der Waals surface area contributed by atoms with E-state index in [2.05, 4.69) is 23.8 Å². The fraction of sp³-hybridized carbons (Fsp3) is 0.286. The number of nitrogens with zero attached hydrogens (tertiary/aromatic N) is 3. The van der Waals surface area contributed by atoms with Gasteiger partial charge in [0.1, 0.15) is 11.5 Å². The third kappa shape index (κ3) is 4.57. The Morgan fingerprint density at radius 2 is 1.15 bits per heavy atom. The van der Waals surface area contributed by atoms with E-state index in [-0.39, 0.29) is 0 Å². The maximum Gasteiger partial charge on any atom is 0.137 e. The van der Waals surface area contributed by atoms with E-state index < -0.39 is 0 Å². The zero-order valence-corrected chi connectivity index (χ0v) is 15.2. The summed E-state index contributed by atoms with van der Waals surface area (Å²) in [5, 5.41) is 0. The van der Waals surface area contributed by atoms with Crippen LogP contribution in [0.5, 0.6) is 11.5 Å². The van der Waals surface area contributed by atoms with Gasteiger partial charge in [-0.2, -0.15) is 0 Å². The van der Waals surface area contributed by atoms with Gasteiger partial charge < -0.3 is 9.47 Å². The lowest BCUT2D eigenvalue weighted by molar-refractivity contribution is 0.316. The fourth-order valence-electron chi connectivity index (χ4n) is 2.39. The highest BCUT2D eigenvalue weighted by atomic mass is 16.5. The second kappa shape index (κ2) is 8.94. The number of ether oxygens (including phenoxy) is 2. The predicted molar refractivity (Wildman–Crippen MR) is 102 cm³/mol. The van der Waals surface area contributed by atoms with Crippen LogP contribution in [0.1, 0.15) is 26.7 Å². The summed E-state index contributed by atoms with van der Waals surface area (Å²) in [5.74, 6) is 1.55. The first kappa shape index (κ1) is 17.9. The average molecular weight is 349 g/mol. The van der Waals surface area contributed by atoms with Crippen LogP contribution in [0.15, 0.2) is 54.9 Å². The van der Waals surface area contributed by atoms with Crippen LogP contribution in [-0.4, -0.2) is 28.2 Å². The molecule has 3 aromatic rings. The number of pyridine rings is 3. The third-order valence-corrected chi connectivity index (χ3v) is 3.69. The van der Waals surface area contributed by atoms with Gasteiger partial charge in [-0.1, -0.05) is 19.9 Å². The lowest BCUT2D eigenvalue weighted by Gasteiger charge is -2.07. The molecule has 5 nitrogen and oxygen atoms in total. The highest BCUT2D eigenvalue weighted by molar-refractivity contribution is 5.62. The van der Waals surface area contributed by atoms with Crippen molar-refractivity contribution in [1.29, 1.82) is 0 Å². The average Bonchev–Trinajstić information content (AvgIpc) is 2.71. The molecule has 0 fully saturated rings. The van der Waals surface area contributed by atoms with Gasteiger partial charge in [0.15, 0.2) is 0 Å². The van der Waals surface area contributed by atoms with Gasteiger partial charge in [0.2, 0.25) is 0 Å². The zero-order valence-electron chi connectivity index (χ0n) is 15.2. The zero-order chi connectivity index (χ0) is 18.2. The molecule has 3 heterocycles.